The number of nitrogens with one attached hydrogen (secondary N) is 1. The molecule has 0 radical (unpaired) electrons. The van der Waals surface area contributed by atoms with Gasteiger partial charge in [-0.1, -0.05) is 0 Å². The van der Waals surface area contributed by atoms with Crippen molar-refractivity contribution in [2.45, 2.75) is 6.04 Å². The van der Waals surface area contributed by atoms with Gasteiger partial charge in [0, 0.05) is 6.20 Å². The van der Waals surface area contributed by atoms with Crippen molar-refractivity contribution in [1.82, 2.24) is 10.3 Å². The molecule has 0 fully saturated rings. The Labute approximate surface area is 123 Å². The Hall–Kier alpha value is -2.61. The third-order valence-corrected chi connectivity index (χ3v) is 2.90. The lowest BCUT2D eigenvalue weighted by Crippen LogP contribution is -2.31. The minimum atomic E-state index is -1.64. The summed E-state index contributed by atoms with van der Waals surface area (Å²) in [6.45, 7) is -0.691. The quantitative estimate of drug-likeness (QED) is 0.750. The van der Waals surface area contributed by atoms with E-state index in [0.29, 0.717) is 12.1 Å². The Bertz CT molecular complexity index is 686. The molecular formula is C14H11F3N2O3. The number of aromatic hydroxyl groups is 1. The number of aromatic nitrogens is 1. The minimum absolute atomic E-state index is 0.164. The first-order chi connectivity index (χ1) is 10.4. The van der Waals surface area contributed by atoms with Crippen molar-refractivity contribution < 1.29 is 28.2 Å². The van der Waals surface area contributed by atoms with Gasteiger partial charge in [0.25, 0.3) is 5.91 Å². The number of aliphatic hydroxyl groups excluding tert-OH is 1. The van der Waals surface area contributed by atoms with Crippen LogP contribution in [0.1, 0.15) is 22.1 Å². The van der Waals surface area contributed by atoms with Crippen LogP contribution in [0, 0.1) is 17.5 Å². The molecule has 8 heteroatoms. The van der Waals surface area contributed by atoms with Crippen molar-refractivity contribution in [3.05, 3.63) is 59.2 Å². The summed E-state index contributed by atoms with van der Waals surface area (Å²) in [5.41, 5.74) is -0.480. The fourth-order valence-corrected chi connectivity index (χ4v) is 1.81. The van der Waals surface area contributed by atoms with Gasteiger partial charge >= 0.3 is 0 Å². The molecule has 2 rings (SSSR count). The van der Waals surface area contributed by atoms with E-state index in [1.54, 1.807) is 0 Å². The van der Waals surface area contributed by atoms with Crippen LogP contribution in [0.4, 0.5) is 13.2 Å². The Morgan fingerprint density at radius 3 is 2.45 bits per heavy atom. The van der Waals surface area contributed by atoms with E-state index in [1.165, 1.54) is 18.3 Å². The molecular weight excluding hydrogens is 301 g/mol. The van der Waals surface area contributed by atoms with Crippen molar-refractivity contribution in [1.29, 1.82) is 0 Å². The van der Waals surface area contributed by atoms with Crippen molar-refractivity contribution in [2.24, 2.45) is 0 Å². The van der Waals surface area contributed by atoms with E-state index in [0.717, 1.165) is 0 Å². The average molecular weight is 312 g/mol. The largest absolute Gasteiger partial charge is 0.505 e. The number of aliphatic hydroxyl groups is 1. The van der Waals surface area contributed by atoms with Crippen molar-refractivity contribution in [3.63, 3.8) is 0 Å². The van der Waals surface area contributed by atoms with Crippen LogP contribution in [0.25, 0.3) is 0 Å². The summed E-state index contributed by atoms with van der Waals surface area (Å²) in [7, 11) is 0. The highest BCUT2D eigenvalue weighted by molar-refractivity contribution is 5.95. The Balaban J connectivity index is 2.26. The zero-order chi connectivity index (χ0) is 16.3. The van der Waals surface area contributed by atoms with E-state index in [-0.39, 0.29) is 11.3 Å². The molecule has 1 heterocycles. The molecule has 0 bridgehead atoms. The molecule has 3 N–H and O–H groups in total. The molecule has 5 nitrogen and oxygen atoms in total. The number of hydrogen-bond acceptors (Lipinski definition) is 4. The summed E-state index contributed by atoms with van der Waals surface area (Å²) in [4.78, 5) is 15.6. The summed E-state index contributed by atoms with van der Waals surface area (Å²) >= 11 is 0. The highest BCUT2D eigenvalue weighted by Crippen LogP contribution is 2.20. The van der Waals surface area contributed by atoms with Gasteiger partial charge in [-0.05, 0) is 29.8 Å². The fraction of sp³-hybridized carbons (Fsp3) is 0.143. The molecule has 0 aliphatic carbocycles. The third-order valence-electron chi connectivity index (χ3n) is 2.90. The van der Waals surface area contributed by atoms with E-state index >= 15 is 0 Å². The monoisotopic (exact) mass is 312 g/mol. The van der Waals surface area contributed by atoms with Crippen molar-refractivity contribution in [2.75, 3.05) is 6.61 Å². The second kappa shape index (κ2) is 6.44. The number of amides is 1. The van der Waals surface area contributed by atoms with Crippen molar-refractivity contribution >= 4 is 5.91 Å². The molecule has 0 saturated carbocycles. The van der Waals surface area contributed by atoms with Gasteiger partial charge < -0.3 is 15.5 Å². The van der Waals surface area contributed by atoms with Crippen molar-refractivity contribution in [3.8, 4) is 5.75 Å². The summed E-state index contributed by atoms with van der Waals surface area (Å²) in [5, 5.41) is 21.0. The summed E-state index contributed by atoms with van der Waals surface area (Å²) < 4.78 is 39.3. The number of carbonyl (C=O) groups is 1. The standard InChI is InChI=1S/C14H11F3N2O3/c15-8-4-7(5-9(16)12(8)17)10(6-20)19-14(22)13-11(21)2-1-3-18-13/h1-5,10,20-21H,6H2,(H,19,22)/t10-/m1/s1. The first kappa shape index (κ1) is 15.8. The molecule has 0 spiro atoms. The van der Waals surface area contributed by atoms with Gasteiger partial charge in [0.1, 0.15) is 5.75 Å². The molecule has 1 amide bonds. The molecule has 0 saturated heterocycles. The zero-order valence-corrected chi connectivity index (χ0v) is 11.1. The Kier molecular flexibility index (Phi) is 4.62. The lowest BCUT2D eigenvalue weighted by molar-refractivity contribution is 0.0907. The molecule has 1 atom stereocenters. The van der Waals surface area contributed by atoms with Crippen LogP contribution in [0.2, 0.25) is 0 Å². The number of benzene rings is 1. The predicted molar refractivity (Wildman–Crippen MR) is 69.5 cm³/mol. The van der Waals surface area contributed by atoms with Crippen LogP contribution >= 0.6 is 0 Å². The third kappa shape index (κ3) is 3.17. The normalized spacial score (nSPS) is 12.0. The van der Waals surface area contributed by atoms with E-state index < -0.39 is 41.8 Å². The van der Waals surface area contributed by atoms with Gasteiger partial charge in [0.05, 0.1) is 12.6 Å². The lowest BCUT2D eigenvalue weighted by Gasteiger charge is -2.17. The Morgan fingerprint density at radius 1 is 1.27 bits per heavy atom. The Morgan fingerprint density at radius 2 is 1.91 bits per heavy atom. The fourth-order valence-electron chi connectivity index (χ4n) is 1.81. The van der Waals surface area contributed by atoms with E-state index in [9.17, 15) is 28.2 Å². The zero-order valence-electron chi connectivity index (χ0n) is 11.1. The van der Waals surface area contributed by atoms with Gasteiger partial charge in [-0.3, -0.25) is 4.79 Å². The molecule has 0 unspecified atom stereocenters. The molecule has 1 aromatic carbocycles. The molecule has 0 aliphatic rings. The summed E-state index contributed by atoms with van der Waals surface area (Å²) in [5.74, 6) is -5.78. The van der Waals surface area contributed by atoms with Crippen LogP contribution in [0.5, 0.6) is 5.75 Å². The van der Waals surface area contributed by atoms with Crippen LogP contribution in [0.15, 0.2) is 30.5 Å². The van der Waals surface area contributed by atoms with Gasteiger partial charge in [-0.2, -0.15) is 0 Å². The SMILES string of the molecule is O=C(N[C@H](CO)c1cc(F)c(F)c(F)c1)c1ncccc1O. The molecule has 2 aromatic rings. The smallest absolute Gasteiger partial charge is 0.274 e. The number of carbonyl (C=O) groups excluding carboxylic acids is 1. The molecule has 22 heavy (non-hydrogen) atoms. The maximum absolute atomic E-state index is 13.2. The number of hydrogen-bond donors (Lipinski definition) is 3. The summed E-state index contributed by atoms with van der Waals surface area (Å²) in [6.07, 6.45) is 1.26. The highest BCUT2D eigenvalue weighted by atomic mass is 19.2. The molecule has 0 aliphatic heterocycles. The molecule has 1 aromatic heterocycles. The highest BCUT2D eigenvalue weighted by Gasteiger charge is 2.21. The van der Waals surface area contributed by atoms with Crippen LogP contribution in [-0.4, -0.2) is 27.7 Å². The predicted octanol–water partition coefficient (Wildman–Crippen LogP) is 1.67. The van der Waals surface area contributed by atoms with Gasteiger partial charge in [0.15, 0.2) is 23.1 Å². The van der Waals surface area contributed by atoms with Crippen LogP contribution < -0.4 is 5.32 Å². The maximum atomic E-state index is 13.2. The number of nitrogens with zero attached hydrogens (tertiary/aromatic N) is 1. The number of pyridine rings is 1. The molecule has 116 valence electrons. The van der Waals surface area contributed by atoms with Gasteiger partial charge in [0.2, 0.25) is 0 Å². The van der Waals surface area contributed by atoms with Gasteiger partial charge in [-0.15, -0.1) is 0 Å². The first-order valence-corrected chi connectivity index (χ1v) is 6.14. The first-order valence-electron chi connectivity index (χ1n) is 6.14. The second-order valence-electron chi connectivity index (χ2n) is 4.38. The minimum Gasteiger partial charge on any atom is -0.505 e. The average Bonchev–Trinajstić information content (AvgIpc) is 2.50. The van der Waals surface area contributed by atoms with Crippen LogP contribution in [0.3, 0.4) is 0 Å². The van der Waals surface area contributed by atoms with E-state index in [2.05, 4.69) is 10.3 Å². The number of rotatable bonds is 4. The van der Waals surface area contributed by atoms with E-state index in [4.69, 9.17) is 0 Å². The van der Waals surface area contributed by atoms with Gasteiger partial charge in [-0.25, -0.2) is 18.2 Å². The summed E-state index contributed by atoms with van der Waals surface area (Å²) in [6, 6.07) is 2.77. The topological polar surface area (TPSA) is 82.5 Å². The van der Waals surface area contributed by atoms with Crippen LogP contribution in [-0.2, 0) is 0 Å². The lowest BCUT2D eigenvalue weighted by atomic mass is 10.1. The second-order valence-corrected chi connectivity index (χ2v) is 4.38. The number of halogens is 3. The maximum Gasteiger partial charge on any atom is 0.274 e. The van der Waals surface area contributed by atoms with E-state index in [1.807, 2.05) is 0 Å².